The predicted molar refractivity (Wildman–Crippen MR) is 88.7 cm³/mol. The van der Waals surface area contributed by atoms with Gasteiger partial charge in [-0.15, -0.1) is 0 Å². The highest BCUT2D eigenvalue weighted by Gasteiger charge is 2.18. The van der Waals surface area contributed by atoms with Gasteiger partial charge < -0.3 is 4.90 Å². The number of rotatable bonds is 3. The minimum absolute atomic E-state index is 0.109. The van der Waals surface area contributed by atoms with Crippen LogP contribution in [-0.4, -0.2) is 35.8 Å². The summed E-state index contributed by atoms with van der Waals surface area (Å²) >= 11 is 1.19. The first-order valence-electron chi connectivity index (χ1n) is 6.86. The van der Waals surface area contributed by atoms with Crippen LogP contribution in [0.5, 0.6) is 0 Å². The number of hydrogen-bond acceptors (Lipinski definition) is 4. The third-order valence-electron chi connectivity index (χ3n) is 3.10. The molecule has 2 amide bonds. The van der Waals surface area contributed by atoms with Gasteiger partial charge in [0.1, 0.15) is 4.88 Å². The lowest BCUT2D eigenvalue weighted by molar-refractivity contribution is 0.0831. The van der Waals surface area contributed by atoms with E-state index in [0.29, 0.717) is 21.3 Å². The molecule has 0 atom stereocenters. The molecule has 1 heterocycles. The lowest BCUT2D eigenvalue weighted by Gasteiger charge is -2.07. The Kier molecular flexibility index (Phi) is 4.61. The van der Waals surface area contributed by atoms with Gasteiger partial charge in [-0.3, -0.25) is 14.9 Å². The van der Waals surface area contributed by atoms with Gasteiger partial charge in [0.05, 0.1) is 5.69 Å². The molecule has 2 rings (SSSR count). The number of aryl methyl sites for hydroxylation is 3. The van der Waals surface area contributed by atoms with Crippen LogP contribution in [-0.2, 0) is 0 Å². The van der Waals surface area contributed by atoms with Gasteiger partial charge in [-0.1, -0.05) is 28.5 Å². The summed E-state index contributed by atoms with van der Waals surface area (Å²) in [6, 6.07) is 5.67. The Morgan fingerprint density at radius 2 is 1.68 bits per heavy atom. The van der Waals surface area contributed by atoms with E-state index < -0.39 is 0 Å². The van der Waals surface area contributed by atoms with Crippen LogP contribution in [0.3, 0.4) is 0 Å². The fourth-order valence-corrected chi connectivity index (χ4v) is 3.11. The van der Waals surface area contributed by atoms with Crippen molar-refractivity contribution in [2.45, 2.75) is 20.8 Å². The van der Waals surface area contributed by atoms with E-state index >= 15 is 0 Å². The summed E-state index contributed by atoms with van der Waals surface area (Å²) in [5.74, 6) is -0.327. The van der Waals surface area contributed by atoms with Gasteiger partial charge in [0.15, 0.2) is 5.13 Å². The maximum atomic E-state index is 12.3. The molecular formula is C16H19N3O2S. The van der Waals surface area contributed by atoms with Crippen LogP contribution < -0.4 is 5.32 Å². The SMILES string of the molecule is Cc1cc(C)cc(C(=O)Nc2nc(C)c(C(=O)N(C)C)s2)c1. The molecule has 6 heteroatoms. The number of nitrogens with one attached hydrogen (secondary N) is 1. The largest absolute Gasteiger partial charge is 0.344 e. The van der Waals surface area contributed by atoms with Gasteiger partial charge in [-0.2, -0.15) is 0 Å². The highest BCUT2D eigenvalue weighted by molar-refractivity contribution is 7.17. The summed E-state index contributed by atoms with van der Waals surface area (Å²) in [4.78, 5) is 30.6. The Hall–Kier alpha value is -2.21. The molecule has 5 nitrogen and oxygen atoms in total. The molecule has 0 radical (unpaired) electrons. The molecule has 22 heavy (non-hydrogen) atoms. The standard InChI is InChI=1S/C16H19N3O2S/c1-9-6-10(2)8-12(7-9)14(20)18-16-17-11(3)13(22-16)15(21)19(4)5/h6-8H,1-5H3,(H,17,18,20). The number of anilines is 1. The summed E-state index contributed by atoms with van der Waals surface area (Å²) in [7, 11) is 3.38. The lowest BCUT2D eigenvalue weighted by Crippen LogP contribution is -2.21. The van der Waals surface area contributed by atoms with E-state index in [1.165, 1.54) is 16.2 Å². The number of aromatic nitrogens is 1. The minimum Gasteiger partial charge on any atom is -0.344 e. The van der Waals surface area contributed by atoms with Crippen LogP contribution in [0.2, 0.25) is 0 Å². The number of hydrogen-bond donors (Lipinski definition) is 1. The van der Waals surface area contributed by atoms with Crippen molar-refractivity contribution >= 4 is 28.3 Å². The number of amides is 2. The third kappa shape index (κ3) is 3.51. The van der Waals surface area contributed by atoms with Crippen molar-refractivity contribution < 1.29 is 9.59 Å². The Balaban J connectivity index is 2.22. The summed E-state index contributed by atoms with van der Waals surface area (Å²) in [5.41, 5.74) is 3.28. The quantitative estimate of drug-likeness (QED) is 0.946. The second-order valence-electron chi connectivity index (χ2n) is 5.46. The second-order valence-corrected chi connectivity index (χ2v) is 6.46. The van der Waals surface area contributed by atoms with Crippen molar-refractivity contribution in [3.05, 3.63) is 45.5 Å². The first-order valence-corrected chi connectivity index (χ1v) is 7.68. The zero-order chi connectivity index (χ0) is 16.4. The monoisotopic (exact) mass is 317 g/mol. The molecule has 0 aliphatic carbocycles. The van der Waals surface area contributed by atoms with E-state index in [1.807, 2.05) is 32.0 Å². The molecule has 1 N–H and O–H groups in total. The number of benzene rings is 1. The normalized spacial score (nSPS) is 10.4. The second kappa shape index (κ2) is 6.27. The molecule has 2 aromatic rings. The molecule has 0 bridgehead atoms. The fraction of sp³-hybridized carbons (Fsp3) is 0.312. The molecule has 0 saturated heterocycles. The van der Waals surface area contributed by atoms with Crippen LogP contribution in [0.15, 0.2) is 18.2 Å². The molecule has 0 aliphatic heterocycles. The van der Waals surface area contributed by atoms with Gasteiger partial charge in [0, 0.05) is 19.7 Å². The van der Waals surface area contributed by atoms with E-state index in [0.717, 1.165) is 11.1 Å². The Morgan fingerprint density at radius 3 is 2.23 bits per heavy atom. The van der Waals surface area contributed by atoms with Crippen LogP contribution in [0.25, 0.3) is 0 Å². The van der Waals surface area contributed by atoms with Gasteiger partial charge in [0.2, 0.25) is 0 Å². The van der Waals surface area contributed by atoms with E-state index in [4.69, 9.17) is 0 Å². The number of nitrogens with zero attached hydrogens (tertiary/aromatic N) is 2. The van der Waals surface area contributed by atoms with Gasteiger partial charge >= 0.3 is 0 Å². The smallest absolute Gasteiger partial charge is 0.265 e. The average Bonchev–Trinajstić information content (AvgIpc) is 2.77. The molecule has 116 valence electrons. The summed E-state index contributed by atoms with van der Waals surface area (Å²) in [5, 5.41) is 3.20. The zero-order valence-corrected chi connectivity index (χ0v) is 14.2. The fourth-order valence-electron chi connectivity index (χ4n) is 2.13. The van der Waals surface area contributed by atoms with E-state index in [9.17, 15) is 9.59 Å². The van der Waals surface area contributed by atoms with Crippen molar-refractivity contribution in [2.24, 2.45) is 0 Å². The van der Waals surface area contributed by atoms with Crippen molar-refractivity contribution in [1.82, 2.24) is 9.88 Å². The highest BCUT2D eigenvalue weighted by atomic mass is 32.1. The average molecular weight is 317 g/mol. The van der Waals surface area contributed by atoms with Crippen LogP contribution in [0.1, 0.15) is 36.9 Å². The van der Waals surface area contributed by atoms with Crippen molar-refractivity contribution in [1.29, 1.82) is 0 Å². The van der Waals surface area contributed by atoms with E-state index in [1.54, 1.807) is 21.0 Å². The predicted octanol–water partition coefficient (Wildman–Crippen LogP) is 3.02. The number of carbonyl (C=O) groups excluding carboxylic acids is 2. The molecule has 1 aromatic carbocycles. The first kappa shape index (κ1) is 16.2. The first-order chi connectivity index (χ1) is 10.3. The third-order valence-corrected chi connectivity index (χ3v) is 4.16. The van der Waals surface area contributed by atoms with Gasteiger partial charge in [0.25, 0.3) is 11.8 Å². The Labute approximate surface area is 134 Å². The van der Waals surface area contributed by atoms with Crippen LogP contribution in [0.4, 0.5) is 5.13 Å². The van der Waals surface area contributed by atoms with E-state index in [-0.39, 0.29) is 11.8 Å². The summed E-state index contributed by atoms with van der Waals surface area (Å²) in [6.45, 7) is 5.66. The summed E-state index contributed by atoms with van der Waals surface area (Å²) < 4.78 is 0. The number of thiazole rings is 1. The highest BCUT2D eigenvalue weighted by Crippen LogP contribution is 2.24. The minimum atomic E-state index is -0.218. The molecule has 1 aromatic heterocycles. The molecule has 0 fully saturated rings. The molecule has 0 spiro atoms. The topological polar surface area (TPSA) is 62.3 Å². The Bertz CT molecular complexity index is 715. The lowest BCUT2D eigenvalue weighted by atomic mass is 10.1. The Morgan fingerprint density at radius 1 is 1.09 bits per heavy atom. The van der Waals surface area contributed by atoms with Crippen LogP contribution in [0, 0.1) is 20.8 Å². The van der Waals surface area contributed by atoms with Crippen molar-refractivity contribution in [2.75, 3.05) is 19.4 Å². The zero-order valence-electron chi connectivity index (χ0n) is 13.4. The molecular weight excluding hydrogens is 298 g/mol. The van der Waals surface area contributed by atoms with Gasteiger partial charge in [-0.25, -0.2) is 4.98 Å². The molecule has 0 unspecified atom stereocenters. The number of carbonyl (C=O) groups is 2. The maximum Gasteiger partial charge on any atom is 0.265 e. The van der Waals surface area contributed by atoms with Crippen molar-refractivity contribution in [3.63, 3.8) is 0 Å². The molecule has 0 aliphatic rings. The van der Waals surface area contributed by atoms with Gasteiger partial charge in [-0.05, 0) is 32.9 Å². The van der Waals surface area contributed by atoms with Crippen molar-refractivity contribution in [3.8, 4) is 0 Å². The molecule has 0 saturated carbocycles. The maximum absolute atomic E-state index is 12.3. The summed E-state index contributed by atoms with van der Waals surface area (Å²) in [6.07, 6.45) is 0. The van der Waals surface area contributed by atoms with Crippen LogP contribution >= 0.6 is 11.3 Å². The van der Waals surface area contributed by atoms with E-state index in [2.05, 4.69) is 10.3 Å².